The number of carbonyl (C=O) groups is 2. The van der Waals surface area contributed by atoms with Crippen molar-refractivity contribution in [1.29, 1.82) is 0 Å². The fourth-order valence-electron chi connectivity index (χ4n) is 3.67. The molecule has 3 aromatic carbocycles. The fourth-order valence-corrected chi connectivity index (χ4v) is 3.67. The number of fused-ring (bicyclic) bond motifs is 1. The van der Waals surface area contributed by atoms with E-state index in [1.807, 2.05) is 6.07 Å². The number of hydrogen-bond acceptors (Lipinski definition) is 3. The lowest BCUT2D eigenvalue weighted by atomic mass is 9.98. The van der Waals surface area contributed by atoms with Crippen LogP contribution in [0.4, 0.5) is 4.39 Å². The van der Waals surface area contributed by atoms with E-state index in [1.54, 1.807) is 54.6 Å². The third-order valence-corrected chi connectivity index (χ3v) is 4.98. The van der Waals surface area contributed by atoms with Crippen LogP contribution in [0.1, 0.15) is 33.6 Å². The summed E-state index contributed by atoms with van der Waals surface area (Å²) in [6.45, 7) is 0.105. The van der Waals surface area contributed by atoms with Gasteiger partial charge in [0.25, 0.3) is 5.91 Å². The first-order valence-electron chi connectivity index (χ1n) is 9.20. The van der Waals surface area contributed by atoms with E-state index in [1.165, 1.54) is 23.1 Å². The second kappa shape index (κ2) is 7.75. The maximum atomic E-state index is 14.0. The van der Waals surface area contributed by atoms with Gasteiger partial charge in [0, 0.05) is 11.1 Å². The molecule has 0 saturated heterocycles. The second-order valence-electron chi connectivity index (χ2n) is 6.80. The highest BCUT2D eigenvalue weighted by Gasteiger charge is 2.40. The summed E-state index contributed by atoms with van der Waals surface area (Å²) in [7, 11) is 0. The molecule has 4 rings (SSSR count). The van der Waals surface area contributed by atoms with E-state index in [0.29, 0.717) is 22.4 Å². The molecule has 2 amide bonds. The summed E-state index contributed by atoms with van der Waals surface area (Å²) in [6.07, 6.45) is 0. The topological polar surface area (TPSA) is 72.6 Å². The van der Waals surface area contributed by atoms with Crippen LogP contribution in [0.3, 0.4) is 0 Å². The standard InChI is InChI=1S/C23H19FN2O3/c24-17-11-12-20-18(13-17)19(14-29-20)26(23(28)16-9-5-2-6-10-16)21(22(25)27)15-7-3-1-4-8-15/h1-13,19,21H,14H2,(H2,25,27)/t19-,21+/m1/s1. The van der Waals surface area contributed by atoms with Gasteiger partial charge >= 0.3 is 0 Å². The molecular weight excluding hydrogens is 371 g/mol. The van der Waals surface area contributed by atoms with E-state index >= 15 is 0 Å². The molecule has 2 N–H and O–H groups in total. The SMILES string of the molecule is NC(=O)[C@H](c1ccccc1)N(C(=O)c1ccccc1)[C@@H]1COc2ccc(F)cc21. The highest BCUT2D eigenvalue weighted by Crippen LogP contribution is 2.41. The van der Waals surface area contributed by atoms with Crippen LogP contribution in [-0.2, 0) is 4.79 Å². The summed E-state index contributed by atoms with van der Waals surface area (Å²) >= 11 is 0. The second-order valence-corrected chi connectivity index (χ2v) is 6.80. The van der Waals surface area contributed by atoms with Crippen molar-refractivity contribution in [3.8, 4) is 5.75 Å². The maximum absolute atomic E-state index is 14.0. The molecule has 0 aliphatic carbocycles. The van der Waals surface area contributed by atoms with Gasteiger partial charge in [-0.25, -0.2) is 4.39 Å². The molecule has 146 valence electrons. The Morgan fingerprint density at radius 3 is 2.31 bits per heavy atom. The Bertz CT molecular complexity index is 1040. The molecule has 0 saturated carbocycles. The molecule has 1 heterocycles. The van der Waals surface area contributed by atoms with Crippen molar-refractivity contribution in [3.63, 3.8) is 0 Å². The number of amides is 2. The van der Waals surface area contributed by atoms with Crippen molar-refractivity contribution >= 4 is 11.8 Å². The van der Waals surface area contributed by atoms with E-state index < -0.39 is 23.8 Å². The van der Waals surface area contributed by atoms with Crippen LogP contribution in [-0.4, -0.2) is 23.3 Å². The van der Waals surface area contributed by atoms with Gasteiger partial charge in [0.05, 0.1) is 6.04 Å². The van der Waals surface area contributed by atoms with Crippen molar-refractivity contribution in [2.45, 2.75) is 12.1 Å². The molecule has 3 aromatic rings. The molecule has 5 nitrogen and oxygen atoms in total. The van der Waals surface area contributed by atoms with Crippen LogP contribution in [0.2, 0.25) is 0 Å². The summed E-state index contributed by atoms with van der Waals surface area (Å²) in [5, 5.41) is 0. The van der Waals surface area contributed by atoms with Crippen LogP contribution in [0.15, 0.2) is 78.9 Å². The van der Waals surface area contributed by atoms with Crippen LogP contribution in [0.5, 0.6) is 5.75 Å². The van der Waals surface area contributed by atoms with Gasteiger partial charge < -0.3 is 15.4 Å². The lowest BCUT2D eigenvalue weighted by molar-refractivity contribution is -0.123. The third-order valence-electron chi connectivity index (χ3n) is 4.98. The molecule has 0 unspecified atom stereocenters. The van der Waals surface area contributed by atoms with Gasteiger partial charge in [-0.1, -0.05) is 48.5 Å². The first-order chi connectivity index (χ1) is 14.1. The third kappa shape index (κ3) is 3.57. The van der Waals surface area contributed by atoms with Gasteiger partial charge in [0.15, 0.2) is 0 Å². The molecule has 29 heavy (non-hydrogen) atoms. The number of primary amides is 1. The molecule has 2 atom stereocenters. The number of hydrogen-bond donors (Lipinski definition) is 1. The fraction of sp³-hybridized carbons (Fsp3) is 0.130. The van der Waals surface area contributed by atoms with Crippen LogP contribution < -0.4 is 10.5 Å². The van der Waals surface area contributed by atoms with Gasteiger partial charge in [-0.2, -0.15) is 0 Å². The average molecular weight is 390 g/mol. The molecule has 0 spiro atoms. The van der Waals surface area contributed by atoms with Crippen molar-refractivity contribution in [3.05, 3.63) is 101 Å². The molecule has 6 heteroatoms. The first kappa shape index (κ1) is 18.7. The molecule has 0 radical (unpaired) electrons. The minimum Gasteiger partial charge on any atom is -0.491 e. The number of ether oxygens (including phenoxy) is 1. The normalized spacial score (nSPS) is 15.8. The highest BCUT2D eigenvalue weighted by molar-refractivity contribution is 5.98. The minimum absolute atomic E-state index is 0.105. The summed E-state index contributed by atoms with van der Waals surface area (Å²) < 4.78 is 19.6. The van der Waals surface area contributed by atoms with E-state index in [4.69, 9.17) is 10.5 Å². The molecule has 0 aromatic heterocycles. The number of rotatable bonds is 5. The summed E-state index contributed by atoms with van der Waals surface area (Å²) in [6, 6.07) is 19.9. The zero-order chi connectivity index (χ0) is 20.4. The summed E-state index contributed by atoms with van der Waals surface area (Å²) in [5.41, 5.74) is 7.25. The van der Waals surface area contributed by atoms with E-state index in [-0.39, 0.29) is 12.5 Å². The number of carbonyl (C=O) groups excluding carboxylic acids is 2. The quantitative estimate of drug-likeness (QED) is 0.723. The minimum atomic E-state index is -1.04. The van der Waals surface area contributed by atoms with Crippen LogP contribution in [0, 0.1) is 5.82 Å². The molecular formula is C23H19FN2O3. The monoisotopic (exact) mass is 390 g/mol. The Kier molecular flexibility index (Phi) is 4.99. The van der Waals surface area contributed by atoms with Gasteiger partial charge in [0.2, 0.25) is 5.91 Å². The molecule has 0 bridgehead atoms. The predicted molar refractivity (Wildman–Crippen MR) is 106 cm³/mol. The Morgan fingerprint density at radius 1 is 1.00 bits per heavy atom. The number of benzene rings is 3. The molecule has 1 aliphatic rings. The van der Waals surface area contributed by atoms with Crippen molar-refractivity contribution in [1.82, 2.24) is 4.90 Å². The Labute approximate surface area is 167 Å². The zero-order valence-corrected chi connectivity index (χ0v) is 15.5. The number of halogens is 1. The van der Waals surface area contributed by atoms with E-state index in [2.05, 4.69) is 0 Å². The van der Waals surface area contributed by atoms with Gasteiger partial charge in [-0.15, -0.1) is 0 Å². The van der Waals surface area contributed by atoms with Crippen molar-refractivity contribution in [2.75, 3.05) is 6.61 Å². The van der Waals surface area contributed by atoms with E-state index in [9.17, 15) is 14.0 Å². The largest absolute Gasteiger partial charge is 0.491 e. The zero-order valence-electron chi connectivity index (χ0n) is 15.5. The van der Waals surface area contributed by atoms with Gasteiger partial charge in [-0.3, -0.25) is 9.59 Å². The predicted octanol–water partition coefficient (Wildman–Crippen LogP) is 3.63. The molecule has 0 fully saturated rings. The van der Waals surface area contributed by atoms with Crippen LogP contribution in [0.25, 0.3) is 0 Å². The van der Waals surface area contributed by atoms with Gasteiger partial charge in [-0.05, 0) is 35.9 Å². The van der Waals surface area contributed by atoms with Crippen LogP contribution >= 0.6 is 0 Å². The summed E-state index contributed by atoms with van der Waals surface area (Å²) in [4.78, 5) is 27.4. The number of nitrogens with two attached hydrogens (primary N) is 1. The molecule has 1 aliphatic heterocycles. The smallest absolute Gasteiger partial charge is 0.255 e. The average Bonchev–Trinajstić information content (AvgIpc) is 3.15. The van der Waals surface area contributed by atoms with E-state index in [0.717, 1.165) is 0 Å². The Balaban J connectivity index is 1.86. The summed E-state index contributed by atoms with van der Waals surface area (Å²) in [5.74, 6) is -1.02. The first-order valence-corrected chi connectivity index (χ1v) is 9.20. The Morgan fingerprint density at radius 2 is 1.66 bits per heavy atom. The number of nitrogens with zero attached hydrogens (tertiary/aromatic N) is 1. The van der Waals surface area contributed by atoms with Crippen molar-refractivity contribution in [2.24, 2.45) is 5.73 Å². The lowest BCUT2D eigenvalue weighted by Gasteiger charge is -2.34. The lowest BCUT2D eigenvalue weighted by Crippen LogP contribution is -2.44. The maximum Gasteiger partial charge on any atom is 0.255 e. The van der Waals surface area contributed by atoms with Crippen molar-refractivity contribution < 1.29 is 18.7 Å². The van der Waals surface area contributed by atoms with Gasteiger partial charge in [0.1, 0.15) is 24.2 Å². The Hall–Kier alpha value is -3.67. The highest BCUT2D eigenvalue weighted by atomic mass is 19.1.